The zero-order valence-electron chi connectivity index (χ0n) is 9.20. The van der Waals surface area contributed by atoms with Gasteiger partial charge in [-0.15, -0.1) is 0 Å². The smallest absolute Gasteiger partial charge is 0.213 e. The lowest BCUT2D eigenvalue weighted by molar-refractivity contribution is -0.0241. The molecule has 1 aromatic rings. The molecule has 1 aliphatic rings. The summed E-state index contributed by atoms with van der Waals surface area (Å²) < 4.78 is 13.6. The molecule has 0 fully saturated rings. The van der Waals surface area contributed by atoms with Crippen LogP contribution in [0.1, 0.15) is 30.5 Å². The molecular weight excluding hydrogens is 191 g/mol. The standard InChI is InChI=1S/C12H17FN2/c1-12(13,14)15(2)11-8-7-9-5-3-4-6-10(9)11/h3-6,11H,7-8,14H2,1-2H3. The van der Waals surface area contributed by atoms with E-state index in [1.165, 1.54) is 18.1 Å². The predicted octanol–water partition coefficient (Wildman–Crippen LogP) is 2.21. The molecule has 0 aliphatic heterocycles. The summed E-state index contributed by atoms with van der Waals surface area (Å²) in [4.78, 5) is 1.61. The lowest BCUT2D eigenvalue weighted by Crippen LogP contribution is -2.48. The molecule has 0 saturated carbocycles. The summed E-state index contributed by atoms with van der Waals surface area (Å²) in [6.45, 7) is 1.40. The Balaban J connectivity index is 2.28. The van der Waals surface area contributed by atoms with Crippen molar-refractivity contribution in [2.75, 3.05) is 7.05 Å². The van der Waals surface area contributed by atoms with Crippen molar-refractivity contribution in [3.8, 4) is 0 Å². The van der Waals surface area contributed by atoms with Crippen molar-refractivity contribution in [3.63, 3.8) is 0 Å². The maximum absolute atomic E-state index is 13.6. The maximum Gasteiger partial charge on any atom is 0.213 e. The van der Waals surface area contributed by atoms with Gasteiger partial charge >= 0.3 is 0 Å². The number of hydrogen-bond acceptors (Lipinski definition) is 2. The number of aryl methyl sites for hydroxylation is 1. The quantitative estimate of drug-likeness (QED) is 0.596. The van der Waals surface area contributed by atoms with Gasteiger partial charge < -0.3 is 0 Å². The lowest BCUT2D eigenvalue weighted by atomic mass is 10.1. The van der Waals surface area contributed by atoms with E-state index in [9.17, 15) is 4.39 Å². The molecule has 0 saturated heterocycles. The molecule has 0 radical (unpaired) electrons. The molecule has 0 spiro atoms. The van der Waals surface area contributed by atoms with Crippen LogP contribution in [-0.2, 0) is 6.42 Å². The summed E-state index contributed by atoms with van der Waals surface area (Å²) in [5, 5.41) is 0. The first-order chi connectivity index (χ1) is 7.00. The summed E-state index contributed by atoms with van der Waals surface area (Å²) in [5.41, 5.74) is 8.01. The lowest BCUT2D eigenvalue weighted by Gasteiger charge is -2.33. The fourth-order valence-electron chi connectivity index (χ4n) is 2.24. The average Bonchev–Trinajstić information content (AvgIpc) is 2.58. The number of nitrogens with two attached hydrogens (primary N) is 1. The topological polar surface area (TPSA) is 29.3 Å². The highest BCUT2D eigenvalue weighted by Gasteiger charge is 2.34. The SMILES string of the molecule is CN(C1CCc2ccccc21)C(C)(N)F. The highest BCUT2D eigenvalue weighted by molar-refractivity contribution is 5.34. The summed E-state index contributed by atoms with van der Waals surface area (Å²) >= 11 is 0. The monoisotopic (exact) mass is 208 g/mol. The molecule has 2 atom stereocenters. The van der Waals surface area contributed by atoms with Crippen LogP contribution in [0, 0.1) is 0 Å². The first kappa shape index (κ1) is 10.6. The predicted molar refractivity (Wildman–Crippen MR) is 59.0 cm³/mol. The normalized spacial score (nSPS) is 23.9. The minimum absolute atomic E-state index is 0.112. The second-order valence-corrected chi connectivity index (χ2v) is 4.39. The molecule has 2 rings (SSSR count). The van der Waals surface area contributed by atoms with Gasteiger partial charge in [0.2, 0.25) is 5.92 Å². The molecule has 0 amide bonds. The Morgan fingerprint density at radius 3 is 2.80 bits per heavy atom. The Kier molecular flexibility index (Phi) is 2.52. The van der Waals surface area contributed by atoms with Gasteiger partial charge in [-0.2, -0.15) is 0 Å². The minimum atomic E-state index is -1.75. The van der Waals surface area contributed by atoms with Crippen molar-refractivity contribution in [3.05, 3.63) is 35.4 Å². The van der Waals surface area contributed by atoms with E-state index < -0.39 is 5.92 Å². The van der Waals surface area contributed by atoms with Gasteiger partial charge in [0.1, 0.15) is 0 Å². The number of nitrogens with zero attached hydrogens (tertiary/aromatic N) is 1. The number of halogens is 1. The minimum Gasteiger partial charge on any atom is -0.287 e. The van der Waals surface area contributed by atoms with Crippen molar-refractivity contribution in [1.82, 2.24) is 4.90 Å². The Morgan fingerprint density at radius 2 is 2.13 bits per heavy atom. The Morgan fingerprint density at radius 1 is 1.47 bits per heavy atom. The Hall–Kier alpha value is -0.930. The molecule has 82 valence electrons. The van der Waals surface area contributed by atoms with E-state index >= 15 is 0 Å². The Labute approximate surface area is 89.9 Å². The number of rotatable bonds is 2. The van der Waals surface area contributed by atoms with Gasteiger partial charge in [0, 0.05) is 6.04 Å². The molecule has 2 unspecified atom stereocenters. The number of alkyl halides is 1. The van der Waals surface area contributed by atoms with Crippen molar-refractivity contribution < 1.29 is 4.39 Å². The Bertz CT molecular complexity index is 357. The van der Waals surface area contributed by atoms with Crippen LogP contribution in [0.3, 0.4) is 0 Å². The van der Waals surface area contributed by atoms with E-state index in [1.807, 2.05) is 12.1 Å². The molecule has 2 nitrogen and oxygen atoms in total. The third-order valence-corrected chi connectivity index (χ3v) is 3.26. The average molecular weight is 208 g/mol. The molecule has 0 bridgehead atoms. The van der Waals surface area contributed by atoms with Crippen LogP contribution in [0.25, 0.3) is 0 Å². The van der Waals surface area contributed by atoms with Gasteiger partial charge in [-0.3, -0.25) is 10.6 Å². The third-order valence-electron chi connectivity index (χ3n) is 3.26. The van der Waals surface area contributed by atoms with Gasteiger partial charge in [0.05, 0.1) is 0 Å². The fraction of sp³-hybridized carbons (Fsp3) is 0.500. The number of hydrogen-bond donors (Lipinski definition) is 1. The second kappa shape index (κ2) is 3.58. The zero-order valence-corrected chi connectivity index (χ0v) is 9.20. The van der Waals surface area contributed by atoms with Crippen LogP contribution in [-0.4, -0.2) is 17.9 Å². The van der Waals surface area contributed by atoms with Crippen molar-refractivity contribution in [1.29, 1.82) is 0 Å². The fourth-order valence-corrected chi connectivity index (χ4v) is 2.24. The molecule has 1 aliphatic carbocycles. The molecule has 15 heavy (non-hydrogen) atoms. The van der Waals surface area contributed by atoms with Gasteiger partial charge in [0.15, 0.2) is 0 Å². The van der Waals surface area contributed by atoms with Gasteiger partial charge in [-0.25, -0.2) is 4.39 Å². The van der Waals surface area contributed by atoms with E-state index in [1.54, 1.807) is 11.9 Å². The van der Waals surface area contributed by atoms with Crippen LogP contribution in [0.15, 0.2) is 24.3 Å². The van der Waals surface area contributed by atoms with E-state index in [2.05, 4.69) is 12.1 Å². The third kappa shape index (κ3) is 1.90. The van der Waals surface area contributed by atoms with Gasteiger partial charge in [0.25, 0.3) is 0 Å². The molecule has 3 heteroatoms. The summed E-state index contributed by atoms with van der Waals surface area (Å²) in [5.74, 6) is -1.75. The molecule has 2 N–H and O–H groups in total. The molecule has 0 heterocycles. The van der Waals surface area contributed by atoms with Crippen molar-refractivity contribution in [2.24, 2.45) is 5.73 Å². The summed E-state index contributed by atoms with van der Waals surface area (Å²) in [7, 11) is 1.74. The van der Waals surface area contributed by atoms with Gasteiger partial charge in [-0.1, -0.05) is 24.3 Å². The molecule has 1 aromatic carbocycles. The highest BCUT2D eigenvalue weighted by Crippen LogP contribution is 2.37. The van der Waals surface area contributed by atoms with Crippen molar-refractivity contribution >= 4 is 0 Å². The van der Waals surface area contributed by atoms with E-state index in [4.69, 9.17) is 5.73 Å². The highest BCUT2D eigenvalue weighted by atomic mass is 19.1. The maximum atomic E-state index is 13.6. The molecular formula is C12H17FN2. The van der Waals surface area contributed by atoms with Gasteiger partial charge in [-0.05, 0) is 37.9 Å². The first-order valence-electron chi connectivity index (χ1n) is 5.28. The largest absolute Gasteiger partial charge is 0.287 e. The van der Waals surface area contributed by atoms with E-state index in [-0.39, 0.29) is 6.04 Å². The van der Waals surface area contributed by atoms with Crippen LogP contribution in [0.4, 0.5) is 4.39 Å². The number of benzene rings is 1. The van der Waals surface area contributed by atoms with Crippen LogP contribution >= 0.6 is 0 Å². The van der Waals surface area contributed by atoms with E-state index in [0.29, 0.717) is 0 Å². The number of fused-ring (bicyclic) bond motifs is 1. The first-order valence-corrected chi connectivity index (χ1v) is 5.28. The van der Waals surface area contributed by atoms with Crippen LogP contribution in [0.5, 0.6) is 0 Å². The summed E-state index contributed by atoms with van der Waals surface area (Å²) in [6.07, 6.45) is 1.97. The van der Waals surface area contributed by atoms with Crippen LogP contribution in [0.2, 0.25) is 0 Å². The second-order valence-electron chi connectivity index (χ2n) is 4.39. The summed E-state index contributed by atoms with van der Waals surface area (Å²) in [6, 6.07) is 8.31. The van der Waals surface area contributed by atoms with Crippen molar-refractivity contribution in [2.45, 2.75) is 31.7 Å². The van der Waals surface area contributed by atoms with Crippen LogP contribution < -0.4 is 5.73 Å². The zero-order chi connectivity index (χ0) is 11.1. The van der Waals surface area contributed by atoms with E-state index in [0.717, 1.165) is 12.8 Å². The molecule has 0 aromatic heterocycles.